The maximum absolute atomic E-state index is 5.41. The third-order valence-electron chi connectivity index (χ3n) is 14.3. The maximum atomic E-state index is 5.41. The highest BCUT2D eigenvalue weighted by Gasteiger charge is 2.19. The summed E-state index contributed by atoms with van der Waals surface area (Å²) in [7, 11) is 0. The molecule has 0 unspecified atom stereocenters. The molecule has 0 aliphatic heterocycles. The molecule has 2 aromatic heterocycles. The lowest BCUT2D eigenvalue weighted by molar-refractivity contribution is 1.19. The van der Waals surface area contributed by atoms with Crippen LogP contribution in [0.1, 0.15) is 0 Å². The first kappa shape index (κ1) is 41.3. The molecule has 0 spiro atoms. The summed E-state index contributed by atoms with van der Waals surface area (Å²) in [6.45, 7) is 0. The van der Waals surface area contributed by atoms with Crippen LogP contribution in [0.4, 0.5) is 0 Å². The molecule has 0 aliphatic rings. The predicted octanol–water partition coefficient (Wildman–Crippen LogP) is 17.9. The lowest BCUT2D eigenvalue weighted by atomic mass is 9.93. The van der Waals surface area contributed by atoms with E-state index in [1.165, 1.54) is 32.3 Å². The van der Waals surface area contributed by atoms with Crippen LogP contribution in [0.25, 0.3) is 144 Å². The summed E-state index contributed by atoms with van der Waals surface area (Å²) in [6, 6.07) is 90.5. The Morgan fingerprint density at radius 3 is 0.833 bits per heavy atom. The van der Waals surface area contributed by atoms with Gasteiger partial charge >= 0.3 is 0 Å². The molecule has 2 heterocycles. The lowest BCUT2D eigenvalue weighted by Gasteiger charge is -2.15. The Morgan fingerprint density at radius 1 is 0.194 bits per heavy atom. The summed E-state index contributed by atoms with van der Waals surface area (Å²) < 4.78 is 0. The number of nitrogens with zero attached hydrogens (tertiary/aromatic N) is 4. The average molecular weight is 915 g/mol. The Bertz CT molecular complexity index is 4040. The fourth-order valence-corrected chi connectivity index (χ4v) is 10.8. The van der Waals surface area contributed by atoms with Crippen molar-refractivity contribution in [3.05, 3.63) is 255 Å². The first-order valence-electron chi connectivity index (χ1n) is 24.4. The molecule has 0 atom stereocenters. The molecule has 334 valence electrons. The third-order valence-corrected chi connectivity index (χ3v) is 14.3. The second-order valence-electron chi connectivity index (χ2n) is 18.5. The van der Waals surface area contributed by atoms with Gasteiger partial charge in [-0.05, 0) is 100 Å². The van der Waals surface area contributed by atoms with E-state index in [1.54, 1.807) is 0 Å². The van der Waals surface area contributed by atoms with E-state index in [4.69, 9.17) is 19.9 Å². The minimum absolute atomic E-state index is 0.673. The van der Waals surface area contributed by atoms with Crippen LogP contribution in [0.5, 0.6) is 0 Å². The van der Waals surface area contributed by atoms with Gasteiger partial charge in [0.15, 0.2) is 11.6 Å². The summed E-state index contributed by atoms with van der Waals surface area (Å²) in [4.78, 5) is 21.5. The van der Waals surface area contributed by atoms with Crippen LogP contribution < -0.4 is 0 Å². The van der Waals surface area contributed by atoms with Gasteiger partial charge in [-0.1, -0.05) is 231 Å². The number of benzene rings is 12. The van der Waals surface area contributed by atoms with Gasteiger partial charge in [0.05, 0.1) is 22.8 Å². The molecule has 72 heavy (non-hydrogen) atoms. The van der Waals surface area contributed by atoms with Crippen LogP contribution in [0.2, 0.25) is 0 Å². The molecule has 4 nitrogen and oxygen atoms in total. The molecule has 0 saturated heterocycles. The highest BCUT2D eigenvalue weighted by atomic mass is 14.9. The van der Waals surface area contributed by atoms with Gasteiger partial charge in [-0.2, -0.15) is 0 Å². The topological polar surface area (TPSA) is 51.6 Å². The van der Waals surface area contributed by atoms with Gasteiger partial charge in [0.2, 0.25) is 0 Å². The summed E-state index contributed by atoms with van der Waals surface area (Å²) in [5, 5.41) is 14.0. The fourth-order valence-electron chi connectivity index (χ4n) is 10.8. The minimum Gasteiger partial charge on any atom is -0.228 e. The number of hydrogen-bond donors (Lipinski definition) is 0. The quantitative estimate of drug-likeness (QED) is 0.150. The zero-order valence-electron chi connectivity index (χ0n) is 39.0. The molecule has 0 radical (unpaired) electrons. The smallest absolute Gasteiger partial charge is 0.160 e. The Hall–Kier alpha value is -9.64. The van der Waals surface area contributed by atoms with Crippen LogP contribution in [-0.4, -0.2) is 19.9 Å². The van der Waals surface area contributed by atoms with Gasteiger partial charge in [-0.3, -0.25) is 0 Å². The Morgan fingerprint density at radius 2 is 0.472 bits per heavy atom. The molecule has 0 aliphatic carbocycles. The normalized spacial score (nSPS) is 11.6. The summed E-state index contributed by atoms with van der Waals surface area (Å²) in [5.74, 6) is 1.35. The molecular weight excluding hydrogens is 873 g/mol. The first-order valence-corrected chi connectivity index (χ1v) is 24.4. The molecule has 0 saturated carbocycles. The van der Waals surface area contributed by atoms with Gasteiger partial charge in [-0.15, -0.1) is 0 Å². The van der Waals surface area contributed by atoms with Crippen molar-refractivity contribution in [2.24, 2.45) is 0 Å². The number of fused-ring (bicyclic) bond motifs is 6. The number of hydrogen-bond acceptors (Lipinski definition) is 4. The van der Waals surface area contributed by atoms with Crippen molar-refractivity contribution in [1.82, 2.24) is 19.9 Å². The third kappa shape index (κ3) is 7.16. The Kier molecular flexibility index (Phi) is 9.82. The largest absolute Gasteiger partial charge is 0.228 e. The van der Waals surface area contributed by atoms with Crippen LogP contribution >= 0.6 is 0 Å². The van der Waals surface area contributed by atoms with E-state index in [9.17, 15) is 0 Å². The predicted molar refractivity (Wildman–Crippen MR) is 301 cm³/mol. The molecule has 14 rings (SSSR count). The Labute approximate surface area is 416 Å². The van der Waals surface area contributed by atoms with Crippen molar-refractivity contribution in [2.75, 3.05) is 0 Å². The SMILES string of the molecule is c1ccc2c(-c3cc(-c4c5ccccc5cc5ccccc45)nc(-c4ccc(-c5ccc(-c6nc(-c7cccc8ccccc78)cc(-c7c8ccccc8cc8ccccc78)n6)cc5)cc4)n3)cccc2c1. The molecule has 12 aromatic carbocycles. The second kappa shape index (κ2) is 17.1. The van der Waals surface area contributed by atoms with Crippen LogP contribution in [0.15, 0.2) is 255 Å². The van der Waals surface area contributed by atoms with E-state index < -0.39 is 0 Å². The van der Waals surface area contributed by atoms with Gasteiger partial charge in [0.25, 0.3) is 0 Å². The van der Waals surface area contributed by atoms with Gasteiger partial charge in [0, 0.05) is 33.4 Å². The number of aromatic nitrogens is 4. The molecule has 4 heteroatoms. The minimum atomic E-state index is 0.673. The molecule has 14 aromatic rings. The van der Waals surface area contributed by atoms with Crippen molar-refractivity contribution in [1.29, 1.82) is 0 Å². The van der Waals surface area contributed by atoms with Gasteiger partial charge < -0.3 is 0 Å². The summed E-state index contributed by atoms with van der Waals surface area (Å²) >= 11 is 0. The zero-order valence-corrected chi connectivity index (χ0v) is 39.0. The highest BCUT2D eigenvalue weighted by Crippen LogP contribution is 2.41. The molecule has 0 fully saturated rings. The standard InChI is InChI=1S/C68H42N4/c1-7-23-53-45(15-1)21-13-29-59(53)61-41-63(65-55-25-9-3-17-49(55)39-50-18-4-10-26-56(50)65)71-67(69-61)47-35-31-43(32-36-47)44-33-37-48(38-34-44)68-70-62(60-30-14-22-46-16-2-8-24-54(46)60)42-64(72-68)66-57-27-11-5-19-51(57)40-52-20-6-12-28-58(52)66/h1-42H. The molecule has 0 N–H and O–H groups in total. The van der Waals surface area contributed by atoms with E-state index in [2.05, 4.69) is 255 Å². The zero-order chi connectivity index (χ0) is 47.5. The maximum Gasteiger partial charge on any atom is 0.160 e. The molecule has 0 bridgehead atoms. The second-order valence-corrected chi connectivity index (χ2v) is 18.5. The van der Waals surface area contributed by atoms with Gasteiger partial charge in [-0.25, -0.2) is 19.9 Å². The van der Waals surface area contributed by atoms with Crippen molar-refractivity contribution in [3.63, 3.8) is 0 Å². The Balaban J connectivity index is 0.876. The fraction of sp³-hybridized carbons (Fsp3) is 0. The summed E-state index contributed by atoms with van der Waals surface area (Å²) in [5.41, 5.74) is 12.0. The van der Waals surface area contributed by atoms with Crippen LogP contribution in [-0.2, 0) is 0 Å². The van der Waals surface area contributed by atoms with Crippen molar-refractivity contribution < 1.29 is 0 Å². The highest BCUT2D eigenvalue weighted by molar-refractivity contribution is 6.14. The van der Waals surface area contributed by atoms with E-state index in [-0.39, 0.29) is 0 Å². The monoisotopic (exact) mass is 914 g/mol. The lowest BCUT2D eigenvalue weighted by Crippen LogP contribution is -1.98. The molecular formula is C68H42N4. The van der Waals surface area contributed by atoms with E-state index in [0.717, 1.165) is 99.6 Å². The van der Waals surface area contributed by atoms with Crippen LogP contribution in [0, 0.1) is 0 Å². The average Bonchev–Trinajstić information content (AvgIpc) is 3.45. The van der Waals surface area contributed by atoms with E-state index in [1.807, 2.05) is 0 Å². The summed E-state index contributed by atoms with van der Waals surface area (Å²) in [6.07, 6.45) is 0. The first-order chi connectivity index (χ1) is 35.7. The van der Waals surface area contributed by atoms with Gasteiger partial charge in [0.1, 0.15) is 0 Å². The van der Waals surface area contributed by atoms with E-state index in [0.29, 0.717) is 11.6 Å². The van der Waals surface area contributed by atoms with Crippen molar-refractivity contribution >= 4 is 64.6 Å². The van der Waals surface area contributed by atoms with Crippen molar-refractivity contribution in [3.8, 4) is 78.9 Å². The molecule has 0 amide bonds. The van der Waals surface area contributed by atoms with E-state index >= 15 is 0 Å². The number of rotatable bonds is 7. The van der Waals surface area contributed by atoms with Crippen LogP contribution in [0.3, 0.4) is 0 Å². The van der Waals surface area contributed by atoms with Crippen molar-refractivity contribution in [2.45, 2.75) is 0 Å².